The number of piperazine rings is 1. The summed E-state index contributed by atoms with van der Waals surface area (Å²) in [6, 6.07) is 19.9. The standard InChI is InChI=1S/C25H23ClN2O2/c1-16-7-9-19(10-8-16)24-25(30)27(22-6-4-5-17(2)18(22)3)15-23(29)28(24)21-13-11-20(26)12-14-21/h4-14,24H,15H2,1-3H3/t24-/m0/s1. The van der Waals surface area contributed by atoms with Crippen LogP contribution in [-0.2, 0) is 9.59 Å². The van der Waals surface area contributed by atoms with E-state index in [9.17, 15) is 9.59 Å². The van der Waals surface area contributed by atoms with Crippen LogP contribution in [-0.4, -0.2) is 18.4 Å². The molecule has 0 spiro atoms. The summed E-state index contributed by atoms with van der Waals surface area (Å²) in [5.41, 5.74) is 5.40. The molecule has 1 atom stereocenters. The van der Waals surface area contributed by atoms with Crippen LogP contribution in [0.4, 0.5) is 11.4 Å². The van der Waals surface area contributed by atoms with E-state index in [4.69, 9.17) is 11.6 Å². The minimum atomic E-state index is -0.743. The van der Waals surface area contributed by atoms with Gasteiger partial charge in [-0.2, -0.15) is 0 Å². The van der Waals surface area contributed by atoms with Gasteiger partial charge in [0.05, 0.1) is 0 Å². The van der Waals surface area contributed by atoms with Crippen molar-refractivity contribution in [2.45, 2.75) is 26.8 Å². The first-order valence-corrected chi connectivity index (χ1v) is 10.3. The van der Waals surface area contributed by atoms with Gasteiger partial charge in [0.15, 0.2) is 0 Å². The number of halogens is 1. The number of benzene rings is 3. The van der Waals surface area contributed by atoms with Gasteiger partial charge in [0.2, 0.25) is 5.91 Å². The molecule has 1 saturated heterocycles. The Morgan fingerprint density at radius 3 is 2.20 bits per heavy atom. The highest BCUT2D eigenvalue weighted by Crippen LogP contribution is 2.36. The third-order valence-electron chi connectivity index (χ3n) is 5.68. The van der Waals surface area contributed by atoms with Gasteiger partial charge in [-0.1, -0.05) is 53.6 Å². The van der Waals surface area contributed by atoms with Crippen LogP contribution in [0, 0.1) is 20.8 Å². The Hall–Kier alpha value is -3.11. The van der Waals surface area contributed by atoms with Crippen molar-refractivity contribution in [1.82, 2.24) is 0 Å². The first kappa shape index (κ1) is 20.2. The summed E-state index contributed by atoms with van der Waals surface area (Å²) in [5.74, 6) is -0.259. The van der Waals surface area contributed by atoms with Crippen molar-refractivity contribution in [1.29, 1.82) is 0 Å². The van der Waals surface area contributed by atoms with Crippen molar-refractivity contribution >= 4 is 34.8 Å². The molecular weight excluding hydrogens is 396 g/mol. The van der Waals surface area contributed by atoms with Crippen molar-refractivity contribution in [3.63, 3.8) is 0 Å². The van der Waals surface area contributed by atoms with E-state index in [-0.39, 0.29) is 18.4 Å². The second kappa shape index (κ2) is 7.96. The van der Waals surface area contributed by atoms with Crippen LogP contribution in [0.1, 0.15) is 28.3 Å². The zero-order valence-corrected chi connectivity index (χ0v) is 18.0. The molecule has 0 radical (unpaired) electrons. The number of hydrogen-bond donors (Lipinski definition) is 0. The summed E-state index contributed by atoms with van der Waals surface area (Å²) in [6.07, 6.45) is 0. The van der Waals surface area contributed by atoms with Gasteiger partial charge < -0.3 is 4.90 Å². The lowest BCUT2D eigenvalue weighted by atomic mass is 9.97. The molecule has 0 aliphatic carbocycles. The van der Waals surface area contributed by atoms with Crippen LogP contribution in [0.25, 0.3) is 0 Å². The molecule has 2 amide bonds. The predicted octanol–water partition coefficient (Wildman–Crippen LogP) is 5.39. The molecule has 0 aromatic heterocycles. The lowest BCUT2D eigenvalue weighted by Crippen LogP contribution is -2.56. The number of nitrogens with zero attached hydrogens (tertiary/aromatic N) is 2. The first-order chi connectivity index (χ1) is 14.4. The van der Waals surface area contributed by atoms with E-state index in [1.807, 2.05) is 63.2 Å². The van der Waals surface area contributed by atoms with Gasteiger partial charge in [-0.25, -0.2) is 0 Å². The van der Waals surface area contributed by atoms with Crippen molar-refractivity contribution in [2.24, 2.45) is 0 Å². The monoisotopic (exact) mass is 418 g/mol. The summed E-state index contributed by atoms with van der Waals surface area (Å²) < 4.78 is 0. The van der Waals surface area contributed by atoms with Crippen LogP contribution in [0.15, 0.2) is 66.7 Å². The molecule has 0 N–H and O–H groups in total. The van der Waals surface area contributed by atoms with E-state index in [0.717, 1.165) is 27.9 Å². The van der Waals surface area contributed by atoms with Gasteiger partial charge in [0, 0.05) is 16.4 Å². The second-order valence-electron chi connectivity index (χ2n) is 7.70. The van der Waals surface area contributed by atoms with E-state index in [2.05, 4.69) is 0 Å². The number of carbonyl (C=O) groups is 2. The third kappa shape index (κ3) is 3.59. The fourth-order valence-corrected chi connectivity index (χ4v) is 3.98. The molecule has 0 saturated carbocycles. The second-order valence-corrected chi connectivity index (χ2v) is 8.13. The number of carbonyl (C=O) groups excluding carboxylic acids is 2. The molecule has 1 aliphatic heterocycles. The van der Waals surface area contributed by atoms with E-state index in [1.54, 1.807) is 34.1 Å². The zero-order valence-electron chi connectivity index (χ0n) is 17.2. The van der Waals surface area contributed by atoms with Crippen LogP contribution in [0.5, 0.6) is 0 Å². The van der Waals surface area contributed by atoms with Gasteiger partial charge in [-0.3, -0.25) is 14.5 Å². The number of hydrogen-bond acceptors (Lipinski definition) is 2. The zero-order chi connectivity index (χ0) is 21.4. The predicted molar refractivity (Wildman–Crippen MR) is 121 cm³/mol. The molecule has 0 unspecified atom stereocenters. The summed E-state index contributed by atoms with van der Waals surface area (Å²) in [5, 5.41) is 0.582. The molecule has 3 aromatic rings. The molecular formula is C25H23ClN2O2. The van der Waals surface area contributed by atoms with Crippen LogP contribution in [0.3, 0.4) is 0 Å². The first-order valence-electron chi connectivity index (χ1n) is 9.88. The quantitative estimate of drug-likeness (QED) is 0.572. The van der Waals surface area contributed by atoms with Gasteiger partial charge in [-0.15, -0.1) is 0 Å². The normalized spacial score (nSPS) is 16.9. The summed E-state index contributed by atoms with van der Waals surface area (Å²) in [6.45, 7) is 5.98. The van der Waals surface area contributed by atoms with Gasteiger partial charge in [-0.05, 0) is 67.8 Å². The Morgan fingerprint density at radius 2 is 1.53 bits per heavy atom. The van der Waals surface area contributed by atoms with Gasteiger partial charge in [0.25, 0.3) is 5.91 Å². The molecule has 4 rings (SSSR count). The molecule has 152 valence electrons. The average molecular weight is 419 g/mol. The molecule has 30 heavy (non-hydrogen) atoms. The summed E-state index contributed by atoms with van der Waals surface area (Å²) in [7, 11) is 0. The van der Waals surface area contributed by atoms with Crippen LogP contribution < -0.4 is 9.80 Å². The maximum Gasteiger partial charge on any atom is 0.255 e. The van der Waals surface area contributed by atoms with Crippen LogP contribution in [0.2, 0.25) is 5.02 Å². The van der Waals surface area contributed by atoms with E-state index in [0.29, 0.717) is 10.7 Å². The Morgan fingerprint density at radius 1 is 0.867 bits per heavy atom. The Bertz CT molecular complexity index is 1110. The van der Waals surface area contributed by atoms with Crippen molar-refractivity contribution in [2.75, 3.05) is 16.3 Å². The van der Waals surface area contributed by atoms with Gasteiger partial charge in [0.1, 0.15) is 12.6 Å². The molecule has 1 heterocycles. The minimum absolute atomic E-state index is 0.00584. The van der Waals surface area contributed by atoms with Crippen molar-refractivity contribution < 1.29 is 9.59 Å². The van der Waals surface area contributed by atoms with Crippen molar-refractivity contribution in [3.05, 3.63) is 94.0 Å². The Balaban J connectivity index is 1.84. The van der Waals surface area contributed by atoms with Crippen LogP contribution >= 0.6 is 11.6 Å². The van der Waals surface area contributed by atoms with Crippen molar-refractivity contribution in [3.8, 4) is 0 Å². The fraction of sp³-hybridized carbons (Fsp3) is 0.200. The highest BCUT2D eigenvalue weighted by Gasteiger charge is 2.42. The highest BCUT2D eigenvalue weighted by atomic mass is 35.5. The maximum atomic E-state index is 13.8. The SMILES string of the molecule is Cc1ccc([C@H]2C(=O)N(c3cccc(C)c3C)CC(=O)N2c2ccc(Cl)cc2)cc1. The number of rotatable bonds is 3. The Kier molecular flexibility index (Phi) is 5.35. The Labute approximate surface area is 181 Å². The fourth-order valence-electron chi connectivity index (χ4n) is 3.86. The van der Waals surface area contributed by atoms with E-state index >= 15 is 0 Å². The number of amides is 2. The highest BCUT2D eigenvalue weighted by molar-refractivity contribution is 6.30. The maximum absolute atomic E-state index is 13.8. The molecule has 0 bridgehead atoms. The topological polar surface area (TPSA) is 40.6 Å². The van der Waals surface area contributed by atoms with Gasteiger partial charge >= 0.3 is 0 Å². The largest absolute Gasteiger partial charge is 0.301 e. The molecule has 3 aromatic carbocycles. The average Bonchev–Trinajstić information content (AvgIpc) is 2.73. The third-order valence-corrected chi connectivity index (χ3v) is 5.94. The molecule has 5 heteroatoms. The smallest absolute Gasteiger partial charge is 0.255 e. The van der Waals surface area contributed by atoms with E-state index in [1.165, 1.54) is 0 Å². The number of anilines is 2. The molecule has 1 aliphatic rings. The molecule has 4 nitrogen and oxygen atoms in total. The lowest BCUT2D eigenvalue weighted by molar-refractivity contribution is -0.128. The summed E-state index contributed by atoms with van der Waals surface area (Å²) in [4.78, 5) is 30.3. The lowest BCUT2D eigenvalue weighted by Gasteiger charge is -2.41. The number of aryl methyl sites for hydroxylation is 2. The van der Waals surface area contributed by atoms with E-state index < -0.39 is 6.04 Å². The minimum Gasteiger partial charge on any atom is -0.301 e. The summed E-state index contributed by atoms with van der Waals surface area (Å²) >= 11 is 6.04. The molecule has 1 fully saturated rings.